The van der Waals surface area contributed by atoms with Gasteiger partial charge in [0, 0.05) is 9.13 Å². The lowest BCUT2D eigenvalue weighted by Crippen LogP contribution is -2.02. The van der Waals surface area contributed by atoms with Crippen LogP contribution in [0.3, 0.4) is 0 Å². The van der Waals surface area contributed by atoms with Crippen molar-refractivity contribution in [2.45, 2.75) is 5.03 Å². The molecule has 0 bridgehead atoms. The van der Waals surface area contributed by atoms with Gasteiger partial charge in [0.15, 0.2) is 11.4 Å². The summed E-state index contributed by atoms with van der Waals surface area (Å²) in [6.45, 7) is 0. The van der Waals surface area contributed by atoms with Crippen LogP contribution in [0.1, 0.15) is 10.4 Å². The number of Topliss-reactive ketones (excluding diaryl/α,β-unsaturated/α-hetero) is 1. The van der Waals surface area contributed by atoms with Crippen molar-refractivity contribution in [2.24, 2.45) is 0 Å². The fourth-order valence-corrected chi connectivity index (χ4v) is 2.92. The summed E-state index contributed by atoms with van der Waals surface area (Å²) < 4.78 is 1.11. The van der Waals surface area contributed by atoms with Crippen LogP contribution in [0.25, 0.3) is 11.2 Å². The topological polar surface area (TPSA) is 71.5 Å². The van der Waals surface area contributed by atoms with Gasteiger partial charge in [0.2, 0.25) is 0 Å². The number of nitrogens with one attached hydrogen (secondary N) is 1. The Morgan fingerprint density at radius 1 is 1.20 bits per heavy atom. The summed E-state index contributed by atoms with van der Waals surface area (Å²) in [5.41, 5.74) is 2.10. The van der Waals surface area contributed by atoms with Crippen LogP contribution in [0.2, 0.25) is 0 Å². The van der Waals surface area contributed by atoms with Crippen molar-refractivity contribution in [3.63, 3.8) is 0 Å². The zero-order valence-electron chi connectivity index (χ0n) is 10.2. The van der Waals surface area contributed by atoms with E-state index in [1.807, 2.05) is 24.3 Å². The van der Waals surface area contributed by atoms with Crippen molar-refractivity contribution in [1.29, 1.82) is 0 Å². The minimum absolute atomic E-state index is 0.0812. The number of halogens is 1. The van der Waals surface area contributed by atoms with Crippen LogP contribution >= 0.6 is 34.4 Å². The molecule has 0 saturated carbocycles. The number of aromatic amines is 1. The smallest absolute Gasteiger partial charge is 0.181 e. The van der Waals surface area contributed by atoms with Gasteiger partial charge in [0.25, 0.3) is 0 Å². The number of carbonyl (C=O) groups is 1. The number of imidazole rings is 1. The first-order valence-corrected chi connectivity index (χ1v) is 7.86. The molecule has 0 spiro atoms. The predicted molar refractivity (Wildman–Crippen MR) is 85.9 cm³/mol. The lowest BCUT2D eigenvalue weighted by molar-refractivity contribution is 0.102. The monoisotopic (exact) mass is 396 g/mol. The van der Waals surface area contributed by atoms with E-state index in [1.165, 1.54) is 18.1 Å². The lowest BCUT2D eigenvalue weighted by atomic mass is 10.2. The highest BCUT2D eigenvalue weighted by Crippen LogP contribution is 2.22. The highest BCUT2D eigenvalue weighted by Gasteiger charge is 2.10. The first-order valence-electron chi connectivity index (χ1n) is 5.79. The number of thioether (sulfide) groups is 1. The van der Waals surface area contributed by atoms with Crippen molar-refractivity contribution in [1.82, 2.24) is 19.9 Å². The molecule has 100 valence electrons. The molecule has 5 nitrogen and oxygen atoms in total. The van der Waals surface area contributed by atoms with Gasteiger partial charge in [0.1, 0.15) is 16.9 Å². The van der Waals surface area contributed by atoms with Gasteiger partial charge in [-0.25, -0.2) is 15.0 Å². The van der Waals surface area contributed by atoms with Gasteiger partial charge >= 0.3 is 0 Å². The Balaban J connectivity index is 1.74. The number of rotatable bonds is 4. The summed E-state index contributed by atoms with van der Waals surface area (Å²) in [5.74, 6) is 0.420. The molecule has 20 heavy (non-hydrogen) atoms. The van der Waals surface area contributed by atoms with Crippen LogP contribution < -0.4 is 0 Å². The van der Waals surface area contributed by atoms with Crippen LogP contribution in [0.4, 0.5) is 0 Å². The number of aromatic nitrogens is 4. The van der Waals surface area contributed by atoms with Gasteiger partial charge in [-0.3, -0.25) is 4.79 Å². The summed E-state index contributed by atoms with van der Waals surface area (Å²) in [6.07, 6.45) is 3.03. The van der Waals surface area contributed by atoms with E-state index >= 15 is 0 Å². The van der Waals surface area contributed by atoms with Crippen LogP contribution in [-0.2, 0) is 0 Å². The Hall–Kier alpha value is -1.48. The number of nitrogens with zero attached hydrogens (tertiary/aromatic N) is 3. The average molecular weight is 396 g/mol. The number of ketones is 1. The fourth-order valence-electron chi connectivity index (χ4n) is 1.71. The summed E-state index contributed by atoms with van der Waals surface area (Å²) in [6, 6.07) is 7.54. The highest BCUT2D eigenvalue weighted by atomic mass is 127. The van der Waals surface area contributed by atoms with Crippen LogP contribution in [-0.4, -0.2) is 31.5 Å². The minimum Gasteiger partial charge on any atom is -0.341 e. The van der Waals surface area contributed by atoms with Gasteiger partial charge in [-0.1, -0.05) is 23.9 Å². The summed E-state index contributed by atoms with van der Waals surface area (Å²) in [5, 5.41) is 0.742. The quantitative estimate of drug-likeness (QED) is 0.318. The molecular weight excluding hydrogens is 387 g/mol. The van der Waals surface area contributed by atoms with E-state index in [4.69, 9.17) is 0 Å². The second-order valence-corrected chi connectivity index (χ2v) is 6.21. The van der Waals surface area contributed by atoms with Crippen molar-refractivity contribution < 1.29 is 4.79 Å². The molecule has 0 unspecified atom stereocenters. The Bertz CT molecular complexity index is 756. The largest absolute Gasteiger partial charge is 0.341 e. The van der Waals surface area contributed by atoms with E-state index in [0.29, 0.717) is 17.0 Å². The molecule has 2 heterocycles. The van der Waals surface area contributed by atoms with Gasteiger partial charge in [-0.15, -0.1) is 0 Å². The molecule has 3 rings (SSSR count). The third-order valence-electron chi connectivity index (χ3n) is 2.69. The van der Waals surface area contributed by atoms with E-state index in [9.17, 15) is 4.79 Å². The van der Waals surface area contributed by atoms with E-state index in [1.54, 1.807) is 6.33 Å². The number of hydrogen-bond acceptors (Lipinski definition) is 5. The zero-order valence-corrected chi connectivity index (χ0v) is 13.2. The maximum atomic E-state index is 12.1. The number of benzene rings is 1. The van der Waals surface area contributed by atoms with Crippen molar-refractivity contribution in [3.8, 4) is 0 Å². The SMILES string of the molecule is O=C(CSc1ncnc2nc[nH]c12)c1ccc(I)cc1. The molecule has 0 aliphatic heterocycles. The van der Waals surface area contributed by atoms with Gasteiger partial charge in [-0.2, -0.15) is 0 Å². The van der Waals surface area contributed by atoms with Crippen LogP contribution in [0, 0.1) is 3.57 Å². The van der Waals surface area contributed by atoms with Crippen molar-refractivity contribution in [2.75, 3.05) is 5.75 Å². The molecule has 7 heteroatoms. The molecule has 0 fully saturated rings. The van der Waals surface area contributed by atoms with Gasteiger partial charge < -0.3 is 4.98 Å². The summed E-state index contributed by atoms with van der Waals surface area (Å²) in [4.78, 5) is 27.4. The molecule has 1 N–H and O–H groups in total. The first kappa shape index (κ1) is 13.5. The maximum Gasteiger partial charge on any atom is 0.181 e. The molecule has 0 aliphatic rings. The first-order chi connectivity index (χ1) is 9.74. The molecule has 0 saturated heterocycles. The third kappa shape index (κ3) is 2.83. The third-order valence-corrected chi connectivity index (χ3v) is 4.40. The van der Waals surface area contributed by atoms with Crippen molar-refractivity contribution >= 4 is 51.3 Å². The zero-order chi connectivity index (χ0) is 13.9. The molecule has 0 atom stereocenters. The molecule has 0 radical (unpaired) electrons. The Morgan fingerprint density at radius 3 is 2.80 bits per heavy atom. The predicted octanol–water partition coefficient (Wildman–Crippen LogP) is 2.93. The normalized spacial score (nSPS) is 10.8. The van der Waals surface area contributed by atoms with E-state index in [-0.39, 0.29) is 5.78 Å². The summed E-state index contributed by atoms with van der Waals surface area (Å²) >= 11 is 3.60. The molecule has 0 amide bonds. The lowest BCUT2D eigenvalue weighted by Gasteiger charge is -2.02. The second-order valence-electron chi connectivity index (χ2n) is 4.00. The minimum atomic E-state index is 0.0812. The summed E-state index contributed by atoms with van der Waals surface area (Å²) in [7, 11) is 0. The van der Waals surface area contributed by atoms with Gasteiger partial charge in [0.05, 0.1) is 12.1 Å². The van der Waals surface area contributed by atoms with E-state index in [2.05, 4.69) is 42.5 Å². The fraction of sp³-hybridized carbons (Fsp3) is 0.0769. The Kier molecular flexibility index (Phi) is 3.97. The maximum absolute atomic E-state index is 12.1. The molecule has 2 aromatic heterocycles. The van der Waals surface area contributed by atoms with E-state index in [0.717, 1.165) is 14.1 Å². The number of H-pyrrole nitrogens is 1. The average Bonchev–Trinajstić information content (AvgIpc) is 2.94. The highest BCUT2D eigenvalue weighted by molar-refractivity contribution is 14.1. The van der Waals surface area contributed by atoms with Crippen molar-refractivity contribution in [3.05, 3.63) is 46.1 Å². The Labute approximate surface area is 132 Å². The van der Waals surface area contributed by atoms with Gasteiger partial charge in [-0.05, 0) is 34.7 Å². The molecule has 3 aromatic rings. The van der Waals surface area contributed by atoms with Crippen LogP contribution in [0.15, 0.2) is 41.9 Å². The Morgan fingerprint density at radius 2 is 2.00 bits per heavy atom. The van der Waals surface area contributed by atoms with Crippen LogP contribution in [0.5, 0.6) is 0 Å². The number of carbonyl (C=O) groups excluding carboxylic acids is 1. The molecule has 1 aromatic carbocycles. The molecule has 0 aliphatic carbocycles. The second kappa shape index (κ2) is 5.88. The molecular formula is C13H9IN4OS. The number of fused-ring (bicyclic) bond motifs is 1. The van der Waals surface area contributed by atoms with E-state index < -0.39 is 0 Å². The number of hydrogen-bond donors (Lipinski definition) is 1. The standard InChI is InChI=1S/C13H9IN4OS/c14-9-3-1-8(2-4-9)10(19)5-20-13-11-12(16-6-15-11)17-7-18-13/h1-4,6-7H,5H2,(H,15,16,17,18).